The fourth-order valence-electron chi connectivity index (χ4n) is 2.22. The molecule has 0 radical (unpaired) electrons. The maximum Gasteiger partial charge on any atom is 0.332 e. The lowest BCUT2D eigenvalue weighted by molar-refractivity contribution is 0.142. The van der Waals surface area contributed by atoms with Crippen molar-refractivity contribution in [3.05, 3.63) is 0 Å². The molecule has 0 saturated carbocycles. The molecule has 0 aromatic heterocycles. The highest BCUT2D eigenvalue weighted by Crippen LogP contribution is 2.54. The molecule has 0 aromatic rings. The topological polar surface area (TPSA) is 81.3 Å². The molecule has 1 rings (SSSR count). The zero-order valence-corrected chi connectivity index (χ0v) is 13.5. The summed E-state index contributed by atoms with van der Waals surface area (Å²) in [6.07, 6.45) is -0.0903. The minimum Gasteiger partial charge on any atom is -0.306 e. The molecule has 110 valence electrons. The number of hydrogen-bond donors (Lipinski definition) is 1. The van der Waals surface area contributed by atoms with Gasteiger partial charge in [0.25, 0.3) is 0 Å². The molecule has 2 atom stereocenters. The van der Waals surface area contributed by atoms with E-state index < -0.39 is 13.1 Å². The molecular weight excluding hydrogens is 263 g/mol. The minimum atomic E-state index is -3.17. The van der Waals surface area contributed by atoms with Crippen LogP contribution in [0.5, 0.6) is 0 Å². The van der Waals surface area contributed by atoms with E-state index in [1.807, 2.05) is 41.5 Å². The fourth-order valence-corrected chi connectivity index (χ4v) is 4.55. The van der Waals surface area contributed by atoms with Crippen molar-refractivity contribution in [2.45, 2.75) is 65.3 Å². The van der Waals surface area contributed by atoms with Crippen molar-refractivity contribution in [1.29, 1.82) is 5.26 Å². The second kappa shape index (κ2) is 5.93. The highest BCUT2D eigenvalue weighted by molar-refractivity contribution is 7.54. The molecule has 19 heavy (non-hydrogen) atoms. The summed E-state index contributed by atoms with van der Waals surface area (Å²) in [4.78, 5) is 0. The number of nitriles is 1. The second-order valence-electron chi connectivity index (χ2n) is 5.93. The minimum absolute atomic E-state index is 0.124. The van der Waals surface area contributed by atoms with Crippen LogP contribution >= 0.6 is 7.60 Å². The molecule has 1 aliphatic heterocycles. The first-order valence-electron chi connectivity index (χ1n) is 6.80. The Morgan fingerprint density at radius 3 is 1.95 bits per heavy atom. The van der Waals surface area contributed by atoms with Crippen LogP contribution in [0.1, 0.15) is 41.5 Å². The van der Waals surface area contributed by atoms with E-state index in [0.29, 0.717) is 0 Å². The van der Waals surface area contributed by atoms with E-state index in [1.54, 1.807) is 0 Å². The van der Waals surface area contributed by atoms with Gasteiger partial charge in [-0.05, 0) is 33.6 Å². The van der Waals surface area contributed by atoms with Gasteiger partial charge in [0.2, 0.25) is 0 Å². The van der Waals surface area contributed by atoms with Gasteiger partial charge in [-0.2, -0.15) is 5.26 Å². The third kappa shape index (κ3) is 4.03. The summed E-state index contributed by atoms with van der Waals surface area (Å²) in [5, 5.41) is 12.4. The molecule has 6 heteroatoms. The monoisotopic (exact) mass is 288 g/mol. The zero-order valence-electron chi connectivity index (χ0n) is 12.6. The predicted octanol–water partition coefficient (Wildman–Crippen LogP) is 2.92. The lowest BCUT2D eigenvalue weighted by atomic mass is 9.94. The Morgan fingerprint density at radius 2 is 1.68 bits per heavy atom. The van der Waals surface area contributed by atoms with Crippen LogP contribution in [0.4, 0.5) is 0 Å². The maximum absolute atomic E-state index is 12.7. The third-order valence-electron chi connectivity index (χ3n) is 3.12. The number of nitrogens with one attached hydrogen (secondary N) is 1. The second-order valence-corrected chi connectivity index (χ2v) is 7.94. The summed E-state index contributed by atoms with van der Waals surface area (Å²) in [5.74, 6) is 0.161. The maximum atomic E-state index is 12.7. The van der Waals surface area contributed by atoms with Crippen LogP contribution in [-0.2, 0) is 13.6 Å². The molecular formula is C13H25N2O3P. The third-order valence-corrected chi connectivity index (χ3v) is 5.42. The van der Waals surface area contributed by atoms with Crippen LogP contribution < -0.4 is 5.32 Å². The van der Waals surface area contributed by atoms with Gasteiger partial charge >= 0.3 is 7.60 Å². The molecule has 0 amide bonds. The van der Waals surface area contributed by atoms with Gasteiger partial charge in [0.15, 0.2) is 0 Å². The average molecular weight is 288 g/mol. The van der Waals surface area contributed by atoms with Crippen LogP contribution in [0.2, 0.25) is 0 Å². The van der Waals surface area contributed by atoms with E-state index in [2.05, 4.69) is 11.4 Å². The van der Waals surface area contributed by atoms with Crippen LogP contribution in [0, 0.1) is 17.2 Å². The van der Waals surface area contributed by atoms with E-state index >= 15 is 0 Å². The van der Waals surface area contributed by atoms with Crippen LogP contribution in [0.25, 0.3) is 0 Å². The fraction of sp³-hybridized carbons (Fsp3) is 0.923. The number of rotatable bonds is 7. The molecule has 0 bridgehead atoms. The quantitative estimate of drug-likeness (QED) is 0.575. The molecule has 1 N–H and O–H groups in total. The first-order chi connectivity index (χ1) is 8.65. The molecule has 1 fully saturated rings. The summed E-state index contributed by atoms with van der Waals surface area (Å²) in [6.45, 7) is 11.3. The van der Waals surface area contributed by atoms with E-state index in [9.17, 15) is 9.83 Å². The standard InChI is InChI=1S/C13H25N2O3P/c1-9(2)13(8-14)12(15-13)7-19(16,17-10(3)4)18-11(5)6/h9-12,15H,7H2,1-6H3/t12-,13+/m0/s1. The molecule has 0 aliphatic carbocycles. The van der Waals surface area contributed by atoms with Gasteiger partial charge in [0, 0.05) is 0 Å². The first kappa shape index (κ1) is 16.7. The van der Waals surface area contributed by atoms with Gasteiger partial charge in [-0.25, -0.2) is 0 Å². The van der Waals surface area contributed by atoms with Crippen molar-refractivity contribution in [2.75, 3.05) is 6.16 Å². The Kier molecular flexibility index (Phi) is 5.20. The summed E-state index contributed by atoms with van der Waals surface area (Å²) in [5.41, 5.74) is -0.587. The molecule has 0 spiro atoms. The van der Waals surface area contributed by atoms with E-state index in [1.165, 1.54) is 0 Å². The Balaban J connectivity index is 2.76. The van der Waals surface area contributed by atoms with E-state index in [-0.39, 0.29) is 30.3 Å². The Morgan fingerprint density at radius 1 is 1.21 bits per heavy atom. The van der Waals surface area contributed by atoms with Gasteiger partial charge in [0.05, 0.1) is 30.5 Å². The van der Waals surface area contributed by atoms with Gasteiger partial charge in [-0.15, -0.1) is 0 Å². The number of hydrogen-bond acceptors (Lipinski definition) is 5. The lowest BCUT2D eigenvalue weighted by Gasteiger charge is -2.23. The zero-order chi connectivity index (χ0) is 14.8. The Bertz CT molecular complexity index is 389. The summed E-state index contributed by atoms with van der Waals surface area (Å²) < 4.78 is 23.7. The van der Waals surface area contributed by atoms with E-state index in [0.717, 1.165) is 0 Å². The molecule has 1 aliphatic rings. The summed E-state index contributed by atoms with van der Waals surface area (Å²) >= 11 is 0. The van der Waals surface area contributed by atoms with Gasteiger partial charge in [-0.1, -0.05) is 13.8 Å². The van der Waals surface area contributed by atoms with Crippen LogP contribution in [-0.4, -0.2) is 30.0 Å². The average Bonchev–Trinajstić information content (AvgIpc) is 2.88. The first-order valence-corrected chi connectivity index (χ1v) is 8.53. The van der Waals surface area contributed by atoms with Crippen molar-refractivity contribution < 1.29 is 13.6 Å². The van der Waals surface area contributed by atoms with Crippen LogP contribution in [0.15, 0.2) is 0 Å². The predicted molar refractivity (Wildman–Crippen MR) is 75.0 cm³/mol. The lowest BCUT2D eigenvalue weighted by Crippen LogP contribution is -2.24. The molecule has 0 unspecified atom stereocenters. The molecule has 1 heterocycles. The summed E-state index contributed by atoms with van der Waals surface area (Å²) in [7, 11) is -3.17. The highest BCUT2D eigenvalue weighted by atomic mass is 31.2. The number of nitrogens with zero attached hydrogens (tertiary/aromatic N) is 1. The Labute approximate surface area is 116 Å². The van der Waals surface area contributed by atoms with Gasteiger partial charge in [-0.3, -0.25) is 9.88 Å². The molecule has 5 nitrogen and oxygen atoms in total. The molecule has 1 saturated heterocycles. The van der Waals surface area contributed by atoms with Crippen molar-refractivity contribution in [2.24, 2.45) is 5.92 Å². The summed E-state index contributed by atoms with van der Waals surface area (Å²) in [6, 6.07) is 2.16. The van der Waals surface area contributed by atoms with E-state index in [4.69, 9.17) is 9.05 Å². The Hall–Kier alpha value is -0.400. The van der Waals surface area contributed by atoms with Gasteiger partial charge in [0.1, 0.15) is 5.54 Å². The largest absolute Gasteiger partial charge is 0.332 e. The van der Waals surface area contributed by atoms with Gasteiger partial charge < -0.3 is 9.05 Å². The van der Waals surface area contributed by atoms with Crippen LogP contribution in [0.3, 0.4) is 0 Å². The van der Waals surface area contributed by atoms with Crippen molar-refractivity contribution >= 4 is 7.60 Å². The SMILES string of the molecule is CC(C)OP(=O)(C[C@@H]1N[C@]1(C#N)C(C)C)OC(C)C. The van der Waals surface area contributed by atoms with Crippen molar-refractivity contribution in [1.82, 2.24) is 5.32 Å². The smallest absolute Gasteiger partial charge is 0.306 e. The molecule has 0 aromatic carbocycles. The van der Waals surface area contributed by atoms with Crippen molar-refractivity contribution in [3.63, 3.8) is 0 Å². The normalized spacial score (nSPS) is 27.1. The highest BCUT2D eigenvalue weighted by Gasteiger charge is 2.59. The van der Waals surface area contributed by atoms with Crippen molar-refractivity contribution in [3.8, 4) is 6.07 Å².